The Morgan fingerprint density at radius 2 is 2.18 bits per heavy atom. The van der Waals surface area contributed by atoms with Gasteiger partial charge in [0, 0.05) is 6.42 Å². The van der Waals surface area contributed by atoms with Crippen LogP contribution in [-0.2, 0) is 4.79 Å². The van der Waals surface area contributed by atoms with Gasteiger partial charge in [0.2, 0.25) is 0 Å². The first-order valence-corrected chi connectivity index (χ1v) is 3.64. The van der Waals surface area contributed by atoms with Crippen molar-refractivity contribution in [2.24, 2.45) is 5.41 Å². The van der Waals surface area contributed by atoms with E-state index in [0.717, 1.165) is 0 Å². The van der Waals surface area contributed by atoms with Crippen molar-refractivity contribution in [3.05, 3.63) is 24.0 Å². The van der Waals surface area contributed by atoms with Crippen LogP contribution in [0.2, 0.25) is 0 Å². The Bertz CT molecular complexity index is 234. The monoisotopic (exact) mass is 152 g/mol. The lowest BCUT2D eigenvalue weighted by Gasteiger charge is -2.19. The molecule has 0 bridgehead atoms. The molecule has 0 spiro atoms. The van der Waals surface area contributed by atoms with Gasteiger partial charge in [-0.05, 0) is 19.9 Å². The molecule has 0 aromatic carbocycles. The van der Waals surface area contributed by atoms with Gasteiger partial charge in [-0.2, -0.15) is 0 Å². The molecule has 0 aromatic heterocycles. The third-order valence-corrected chi connectivity index (χ3v) is 2.03. The largest absolute Gasteiger partial charge is 0.511 e. The molecule has 0 saturated carbocycles. The van der Waals surface area contributed by atoms with Crippen LogP contribution in [0.15, 0.2) is 24.0 Å². The fourth-order valence-corrected chi connectivity index (χ4v) is 0.941. The molecule has 60 valence electrons. The molecule has 1 rings (SSSR count). The highest BCUT2D eigenvalue weighted by molar-refractivity contribution is 5.88. The Labute approximate surface area is 66.2 Å². The summed E-state index contributed by atoms with van der Waals surface area (Å²) in [5, 5.41) is 9.38. The lowest BCUT2D eigenvalue weighted by molar-refractivity contribution is -0.125. The van der Waals surface area contributed by atoms with E-state index in [4.69, 9.17) is 0 Å². The van der Waals surface area contributed by atoms with Crippen LogP contribution < -0.4 is 0 Å². The van der Waals surface area contributed by atoms with Gasteiger partial charge >= 0.3 is 0 Å². The molecule has 1 N–H and O–H groups in total. The van der Waals surface area contributed by atoms with Crippen molar-refractivity contribution >= 4 is 5.78 Å². The zero-order valence-electron chi connectivity index (χ0n) is 6.79. The molecule has 0 radical (unpaired) electrons. The van der Waals surface area contributed by atoms with E-state index >= 15 is 0 Å². The number of hydrogen-bond donors (Lipinski definition) is 1. The lowest BCUT2D eigenvalue weighted by atomic mass is 9.85. The van der Waals surface area contributed by atoms with E-state index in [9.17, 15) is 9.90 Å². The van der Waals surface area contributed by atoms with Crippen molar-refractivity contribution in [3.63, 3.8) is 0 Å². The van der Waals surface area contributed by atoms with E-state index < -0.39 is 5.41 Å². The van der Waals surface area contributed by atoms with Crippen LogP contribution in [0, 0.1) is 5.41 Å². The van der Waals surface area contributed by atoms with Gasteiger partial charge < -0.3 is 5.11 Å². The molecule has 11 heavy (non-hydrogen) atoms. The third-order valence-electron chi connectivity index (χ3n) is 2.03. The molecule has 2 heteroatoms. The Hall–Kier alpha value is -1.05. The molecule has 0 aliphatic heterocycles. The number of hydrogen-bond acceptors (Lipinski definition) is 2. The van der Waals surface area contributed by atoms with E-state index in [1.165, 1.54) is 0 Å². The molecule has 0 atom stereocenters. The summed E-state index contributed by atoms with van der Waals surface area (Å²) in [4.78, 5) is 11.3. The summed E-state index contributed by atoms with van der Waals surface area (Å²) in [5.41, 5.74) is -0.705. The molecule has 0 unspecified atom stereocenters. The maximum absolute atomic E-state index is 11.3. The topological polar surface area (TPSA) is 37.3 Å². The maximum Gasteiger partial charge on any atom is 0.149 e. The van der Waals surface area contributed by atoms with Gasteiger partial charge in [0.1, 0.15) is 11.5 Å². The van der Waals surface area contributed by atoms with Gasteiger partial charge in [0.05, 0.1) is 5.41 Å². The molecule has 0 heterocycles. The summed E-state index contributed by atoms with van der Waals surface area (Å²) in [7, 11) is 0. The van der Waals surface area contributed by atoms with Gasteiger partial charge in [0.15, 0.2) is 0 Å². The number of aliphatic hydroxyl groups is 1. The quantitative estimate of drug-likeness (QED) is 0.576. The maximum atomic E-state index is 11.3. The Balaban J connectivity index is 3.02. The second-order valence-electron chi connectivity index (χ2n) is 3.23. The van der Waals surface area contributed by atoms with Gasteiger partial charge in [-0.15, -0.1) is 0 Å². The fourth-order valence-electron chi connectivity index (χ4n) is 0.941. The average molecular weight is 152 g/mol. The second-order valence-corrected chi connectivity index (χ2v) is 3.23. The smallest absolute Gasteiger partial charge is 0.149 e. The molecule has 0 fully saturated rings. The summed E-state index contributed by atoms with van der Waals surface area (Å²) in [6.07, 6.45) is 5.45. The van der Waals surface area contributed by atoms with Crippen LogP contribution in [0.5, 0.6) is 0 Å². The van der Waals surface area contributed by atoms with Crippen LogP contribution >= 0.6 is 0 Å². The van der Waals surface area contributed by atoms with Crippen LogP contribution in [0.3, 0.4) is 0 Å². The molecule has 0 aromatic rings. The first-order chi connectivity index (χ1) is 5.05. The number of carbonyl (C=O) groups is 1. The minimum absolute atomic E-state index is 0.0556. The van der Waals surface area contributed by atoms with E-state index in [1.807, 2.05) is 0 Å². The van der Waals surface area contributed by atoms with Crippen molar-refractivity contribution in [1.82, 2.24) is 0 Å². The molecule has 0 saturated heterocycles. The molecule has 1 aliphatic carbocycles. The van der Waals surface area contributed by atoms with Crippen molar-refractivity contribution < 1.29 is 9.90 Å². The van der Waals surface area contributed by atoms with Crippen molar-refractivity contribution in [1.29, 1.82) is 0 Å². The van der Waals surface area contributed by atoms with E-state index in [0.29, 0.717) is 6.42 Å². The SMILES string of the molecule is CC1(C)C(=O)CC=CC=C1O. The summed E-state index contributed by atoms with van der Waals surface area (Å²) < 4.78 is 0. The Kier molecular flexibility index (Phi) is 1.85. The lowest BCUT2D eigenvalue weighted by Crippen LogP contribution is -2.25. The molecule has 0 amide bonds. The predicted octanol–water partition coefficient (Wildman–Crippen LogP) is 1.98. The van der Waals surface area contributed by atoms with Crippen LogP contribution in [-0.4, -0.2) is 10.9 Å². The highest BCUT2D eigenvalue weighted by Crippen LogP contribution is 2.28. The minimum atomic E-state index is -0.705. The Morgan fingerprint density at radius 3 is 2.82 bits per heavy atom. The van der Waals surface area contributed by atoms with Crippen LogP contribution in [0.25, 0.3) is 0 Å². The highest BCUT2D eigenvalue weighted by atomic mass is 16.3. The average Bonchev–Trinajstić information content (AvgIpc) is 2.03. The molecule has 2 nitrogen and oxygen atoms in total. The van der Waals surface area contributed by atoms with Gasteiger partial charge in [0.25, 0.3) is 0 Å². The number of ketones is 1. The normalized spacial score (nSPS) is 22.7. The summed E-state index contributed by atoms with van der Waals surface area (Å²) in [6.45, 7) is 3.46. The molecule has 1 aliphatic rings. The minimum Gasteiger partial charge on any atom is -0.511 e. The number of allylic oxidation sites excluding steroid dienone is 4. The predicted molar refractivity (Wildman–Crippen MR) is 43.3 cm³/mol. The van der Waals surface area contributed by atoms with Gasteiger partial charge in [-0.1, -0.05) is 12.2 Å². The number of carbonyl (C=O) groups excluding carboxylic acids is 1. The molecular formula is C9H12O2. The molecular weight excluding hydrogens is 140 g/mol. The summed E-state index contributed by atoms with van der Waals surface area (Å²) in [5.74, 6) is 0.205. The Morgan fingerprint density at radius 1 is 1.55 bits per heavy atom. The number of Topliss-reactive ketones (excluding diaryl/α,β-unsaturated/α-hetero) is 1. The highest BCUT2D eigenvalue weighted by Gasteiger charge is 2.31. The van der Waals surface area contributed by atoms with Gasteiger partial charge in [-0.25, -0.2) is 0 Å². The zero-order chi connectivity index (χ0) is 8.48. The standard InChI is InChI=1S/C9H12O2/c1-9(2)7(10)5-3-4-6-8(9)11/h3-5,10H,6H2,1-2H3. The first kappa shape index (κ1) is 8.05. The third kappa shape index (κ3) is 1.34. The van der Waals surface area contributed by atoms with Gasteiger partial charge in [-0.3, -0.25) is 4.79 Å². The van der Waals surface area contributed by atoms with Crippen LogP contribution in [0.1, 0.15) is 20.3 Å². The fraction of sp³-hybridized carbons (Fsp3) is 0.444. The number of aliphatic hydroxyl groups excluding tert-OH is 1. The van der Waals surface area contributed by atoms with E-state index in [-0.39, 0.29) is 11.5 Å². The summed E-state index contributed by atoms with van der Waals surface area (Å²) in [6, 6.07) is 0. The van der Waals surface area contributed by atoms with Crippen LogP contribution in [0.4, 0.5) is 0 Å². The second kappa shape index (κ2) is 2.53. The van der Waals surface area contributed by atoms with Crippen molar-refractivity contribution in [2.45, 2.75) is 20.3 Å². The van der Waals surface area contributed by atoms with E-state index in [1.54, 1.807) is 32.1 Å². The van der Waals surface area contributed by atoms with Crippen molar-refractivity contribution in [2.75, 3.05) is 0 Å². The zero-order valence-corrected chi connectivity index (χ0v) is 6.79. The number of rotatable bonds is 0. The van der Waals surface area contributed by atoms with Crippen molar-refractivity contribution in [3.8, 4) is 0 Å². The first-order valence-electron chi connectivity index (χ1n) is 3.64. The van der Waals surface area contributed by atoms with E-state index in [2.05, 4.69) is 0 Å². The summed E-state index contributed by atoms with van der Waals surface area (Å²) >= 11 is 0.